The van der Waals surface area contributed by atoms with Gasteiger partial charge in [0.25, 0.3) is 5.91 Å². The molecule has 1 N–H and O–H groups in total. The number of rotatable bonds is 2. The maximum Gasteiger partial charge on any atom is 0.258 e. The highest BCUT2D eigenvalue weighted by Gasteiger charge is 2.29. The average molecular weight is 392 g/mol. The first-order valence-corrected chi connectivity index (χ1v) is 10.1. The van der Waals surface area contributed by atoms with Gasteiger partial charge in [-0.3, -0.25) is 9.59 Å². The van der Waals surface area contributed by atoms with Crippen LogP contribution in [0.5, 0.6) is 5.75 Å². The molecule has 2 atom stereocenters. The minimum Gasteiger partial charge on any atom is -0.490 e. The normalized spacial score (nSPS) is 22.1. The van der Waals surface area contributed by atoms with Crippen LogP contribution in [-0.4, -0.2) is 42.5 Å². The summed E-state index contributed by atoms with van der Waals surface area (Å²) in [6.07, 6.45) is 5.99. The summed E-state index contributed by atoms with van der Waals surface area (Å²) in [5.74, 6) is 0.166. The van der Waals surface area contributed by atoms with E-state index in [0.717, 1.165) is 18.4 Å². The molecule has 2 aromatic carbocycles. The predicted molar refractivity (Wildman–Crippen MR) is 114 cm³/mol. The summed E-state index contributed by atoms with van der Waals surface area (Å²) >= 11 is 0. The van der Waals surface area contributed by atoms with Crippen LogP contribution in [0.2, 0.25) is 0 Å². The van der Waals surface area contributed by atoms with Crippen molar-refractivity contribution < 1.29 is 14.3 Å². The molecular formula is C24H28N2O3. The van der Waals surface area contributed by atoms with Gasteiger partial charge in [-0.2, -0.15) is 0 Å². The maximum absolute atomic E-state index is 13.3. The van der Waals surface area contributed by atoms with E-state index in [2.05, 4.69) is 17.5 Å². The first-order valence-electron chi connectivity index (χ1n) is 10.1. The molecule has 3 rings (SSSR count). The molecule has 5 heteroatoms. The van der Waals surface area contributed by atoms with Gasteiger partial charge in [0, 0.05) is 26.4 Å². The van der Waals surface area contributed by atoms with Crippen LogP contribution in [0.15, 0.2) is 66.7 Å². The Balaban J connectivity index is 1.94. The second-order valence-electron chi connectivity index (χ2n) is 7.33. The van der Waals surface area contributed by atoms with Crippen LogP contribution in [-0.2, 0) is 11.2 Å². The Hall–Kier alpha value is -3.08. The van der Waals surface area contributed by atoms with Gasteiger partial charge in [0.2, 0.25) is 5.91 Å². The second kappa shape index (κ2) is 9.92. The van der Waals surface area contributed by atoms with Crippen molar-refractivity contribution in [3.63, 3.8) is 0 Å². The summed E-state index contributed by atoms with van der Waals surface area (Å²) in [5.41, 5.74) is 1.47. The van der Waals surface area contributed by atoms with Gasteiger partial charge in [-0.05, 0) is 31.0 Å². The van der Waals surface area contributed by atoms with E-state index < -0.39 is 6.04 Å². The van der Waals surface area contributed by atoms with E-state index in [1.54, 1.807) is 19.2 Å². The summed E-state index contributed by atoms with van der Waals surface area (Å²) in [6.45, 7) is 2.52. The van der Waals surface area contributed by atoms with Crippen molar-refractivity contribution in [2.24, 2.45) is 0 Å². The Kier molecular flexibility index (Phi) is 7.06. The van der Waals surface area contributed by atoms with E-state index in [-0.39, 0.29) is 17.9 Å². The number of para-hydroxylation sites is 1. The van der Waals surface area contributed by atoms with Gasteiger partial charge in [-0.25, -0.2) is 0 Å². The van der Waals surface area contributed by atoms with Crippen molar-refractivity contribution in [2.75, 3.05) is 13.6 Å². The van der Waals surface area contributed by atoms with Crippen molar-refractivity contribution in [3.8, 4) is 5.75 Å². The first-order chi connectivity index (χ1) is 14.1. The Morgan fingerprint density at radius 1 is 1.03 bits per heavy atom. The fraction of sp³-hybridized carbons (Fsp3) is 0.333. The monoisotopic (exact) mass is 392 g/mol. The van der Waals surface area contributed by atoms with E-state index >= 15 is 0 Å². The van der Waals surface area contributed by atoms with E-state index in [9.17, 15) is 9.59 Å². The fourth-order valence-electron chi connectivity index (χ4n) is 3.39. The smallest absolute Gasteiger partial charge is 0.258 e. The molecule has 0 bridgehead atoms. The zero-order valence-corrected chi connectivity index (χ0v) is 17.0. The van der Waals surface area contributed by atoms with Crippen molar-refractivity contribution in [2.45, 2.75) is 38.3 Å². The molecular weight excluding hydrogens is 364 g/mol. The topological polar surface area (TPSA) is 58.6 Å². The lowest BCUT2D eigenvalue weighted by Crippen LogP contribution is -2.49. The third kappa shape index (κ3) is 5.47. The molecule has 0 aromatic heterocycles. The number of ether oxygens (including phenoxy) is 1. The van der Waals surface area contributed by atoms with Crippen LogP contribution in [0.4, 0.5) is 0 Å². The number of benzene rings is 2. The van der Waals surface area contributed by atoms with Crippen LogP contribution in [0.25, 0.3) is 0 Å². The molecule has 0 fully saturated rings. The van der Waals surface area contributed by atoms with E-state index in [0.29, 0.717) is 24.3 Å². The lowest BCUT2D eigenvalue weighted by molar-refractivity contribution is -0.125. The first kappa shape index (κ1) is 20.6. The van der Waals surface area contributed by atoms with Gasteiger partial charge in [0.05, 0.1) is 11.7 Å². The molecule has 0 unspecified atom stereocenters. The molecule has 0 saturated heterocycles. The molecule has 1 aliphatic rings. The summed E-state index contributed by atoms with van der Waals surface area (Å²) < 4.78 is 6.04. The Labute approximate surface area is 172 Å². The number of carbonyl (C=O) groups is 2. The molecule has 1 heterocycles. The lowest BCUT2D eigenvalue weighted by Gasteiger charge is -2.28. The van der Waals surface area contributed by atoms with Crippen LogP contribution in [0, 0.1) is 0 Å². The summed E-state index contributed by atoms with van der Waals surface area (Å²) in [4.78, 5) is 27.8. The van der Waals surface area contributed by atoms with E-state index in [4.69, 9.17) is 4.74 Å². The zero-order chi connectivity index (χ0) is 20.6. The number of amides is 2. The minimum absolute atomic E-state index is 0.0526. The van der Waals surface area contributed by atoms with Gasteiger partial charge in [0.1, 0.15) is 11.8 Å². The second-order valence-corrected chi connectivity index (χ2v) is 7.33. The minimum atomic E-state index is -0.609. The quantitative estimate of drug-likeness (QED) is 0.795. The van der Waals surface area contributed by atoms with Crippen LogP contribution in [0.3, 0.4) is 0 Å². The van der Waals surface area contributed by atoms with Gasteiger partial charge in [-0.15, -0.1) is 0 Å². The highest BCUT2D eigenvalue weighted by molar-refractivity contribution is 5.99. The summed E-state index contributed by atoms with van der Waals surface area (Å²) in [6, 6.07) is 16.4. The molecule has 5 nitrogen and oxygen atoms in total. The molecule has 0 aliphatic carbocycles. The SMILES string of the molecule is C[C@H]1C/C=C/CCNC(=O)[C@H](Cc2ccccc2)N(C)C(=O)c2ccccc2O1. The maximum atomic E-state index is 13.3. The van der Waals surface area contributed by atoms with Gasteiger partial charge in [0.15, 0.2) is 0 Å². The van der Waals surface area contributed by atoms with E-state index in [1.165, 1.54) is 4.90 Å². The Bertz CT molecular complexity index is 863. The summed E-state index contributed by atoms with van der Waals surface area (Å²) in [5, 5.41) is 2.98. The van der Waals surface area contributed by atoms with Gasteiger partial charge >= 0.3 is 0 Å². The van der Waals surface area contributed by atoms with Crippen molar-refractivity contribution in [3.05, 3.63) is 77.9 Å². The van der Waals surface area contributed by atoms with Crippen molar-refractivity contribution in [1.82, 2.24) is 10.2 Å². The van der Waals surface area contributed by atoms with Crippen LogP contribution < -0.4 is 10.1 Å². The molecule has 29 heavy (non-hydrogen) atoms. The number of nitrogens with one attached hydrogen (secondary N) is 1. The molecule has 1 aliphatic heterocycles. The predicted octanol–water partition coefficient (Wildman–Crippen LogP) is 3.60. The molecule has 0 spiro atoms. The average Bonchev–Trinajstić information content (AvgIpc) is 2.74. The molecule has 2 amide bonds. The third-order valence-corrected chi connectivity index (χ3v) is 5.05. The highest BCUT2D eigenvalue weighted by atomic mass is 16.5. The number of likely N-dealkylation sites (N-methyl/N-ethyl adjacent to an activating group) is 1. The molecule has 152 valence electrons. The number of hydrogen-bond donors (Lipinski definition) is 1. The summed E-state index contributed by atoms with van der Waals surface area (Å²) in [7, 11) is 1.68. The van der Waals surface area contributed by atoms with Crippen LogP contribution in [0.1, 0.15) is 35.7 Å². The third-order valence-electron chi connectivity index (χ3n) is 5.05. The van der Waals surface area contributed by atoms with Gasteiger partial charge in [-0.1, -0.05) is 54.6 Å². The van der Waals surface area contributed by atoms with Crippen LogP contribution >= 0.6 is 0 Å². The Morgan fingerprint density at radius 2 is 1.76 bits per heavy atom. The van der Waals surface area contributed by atoms with Crippen molar-refractivity contribution >= 4 is 11.8 Å². The van der Waals surface area contributed by atoms with Gasteiger partial charge < -0.3 is 15.0 Å². The molecule has 0 radical (unpaired) electrons. The highest BCUT2D eigenvalue weighted by Crippen LogP contribution is 2.23. The zero-order valence-electron chi connectivity index (χ0n) is 17.0. The number of fused-ring (bicyclic) bond motifs is 1. The number of carbonyl (C=O) groups excluding carboxylic acids is 2. The number of hydrogen-bond acceptors (Lipinski definition) is 3. The molecule has 2 aromatic rings. The standard InChI is InChI=1S/C24H28N2O3/c1-18-11-5-4-10-16-25-23(27)21(17-19-12-6-3-7-13-19)26(2)24(28)20-14-8-9-15-22(20)29-18/h3-9,12-15,18,21H,10-11,16-17H2,1-2H3,(H,25,27)/b5-4+/t18-,21-/m0/s1. The largest absolute Gasteiger partial charge is 0.490 e. The fourth-order valence-corrected chi connectivity index (χ4v) is 3.39. The van der Waals surface area contributed by atoms with E-state index in [1.807, 2.05) is 49.4 Å². The Morgan fingerprint density at radius 3 is 2.55 bits per heavy atom. The molecule has 0 saturated carbocycles. The lowest BCUT2D eigenvalue weighted by atomic mass is 10.0. The number of nitrogens with zero attached hydrogens (tertiary/aromatic N) is 1. The van der Waals surface area contributed by atoms with Crippen molar-refractivity contribution in [1.29, 1.82) is 0 Å².